The number of hydrogen-bond donors (Lipinski definition) is 2. The Morgan fingerprint density at radius 2 is 0.850 bits per heavy atom. The SMILES string of the molecule is CC(=O)O[C@H]([C@H](OC(C)=O)[C@@H](OC(C)=O)C(=O)Nc1ccccc1Cl)[C@H](OC(C)=O)C(=O)Nc1ccccc1Cl. The average molecular weight is 597 g/mol. The summed E-state index contributed by atoms with van der Waals surface area (Å²) in [4.78, 5) is 75.0. The van der Waals surface area contributed by atoms with Crippen molar-refractivity contribution in [3.63, 3.8) is 0 Å². The largest absolute Gasteiger partial charge is 0.454 e. The van der Waals surface area contributed by atoms with Crippen molar-refractivity contribution < 1.29 is 47.7 Å². The summed E-state index contributed by atoms with van der Waals surface area (Å²) in [7, 11) is 0. The van der Waals surface area contributed by atoms with Gasteiger partial charge in [-0.15, -0.1) is 0 Å². The number of nitrogens with one attached hydrogen (secondary N) is 2. The molecule has 0 aliphatic carbocycles. The summed E-state index contributed by atoms with van der Waals surface area (Å²) in [5, 5.41) is 5.10. The molecule has 0 fully saturated rings. The van der Waals surface area contributed by atoms with E-state index in [1.54, 1.807) is 24.3 Å². The second-order valence-corrected chi connectivity index (χ2v) is 8.96. The molecule has 4 atom stereocenters. The maximum atomic E-state index is 13.4. The average Bonchev–Trinajstić information content (AvgIpc) is 2.85. The van der Waals surface area contributed by atoms with E-state index in [-0.39, 0.29) is 21.4 Å². The number of para-hydroxylation sites is 2. The molecule has 0 unspecified atom stereocenters. The number of carbonyl (C=O) groups excluding carboxylic acids is 6. The lowest BCUT2D eigenvalue weighted by atomic mass is 10.00. The van der Waals surface area contributed by atoms with E-state index >= 15 is 0 Å². The van der Waals surface area contributed by atoms with Gasteiger partial charge in [-0.1, -0.05) is 47.5 Å². The molecule has 0 bridgehead atoms. The minimum atomic E-state index is -2.02. The van der Waals surface area contributed by atoms with Crippen LogP contribution in [0.2, 0.25) is 10.0 Å². The fourth-order valence-corrected chi connectivity index (χ4v) is 3.78. The van der Waals surface area contributed by atoms with Gasteiger partial charge >= 0.3 is 23.9 Å². The molecule has 2 aromatic carbocycles. The molecule has 2 N–H and O–H groups in total. The Hall–Kier alpha value is -4.16. The van der Waals surface area contributed by atoms with Crippen LogP contribution in [0.3, 0.4) is 0 Å². The van der Waals surface area contributed by atoms with E-state index in [9.17, 15) is 28.8 Å². The molecule has 12 nitrogen and oxygen atoms in total. The van der Waals surface area contributed by atoms with E-state index in [1.807, 2.05) is 0 Å². The molecule has 0 saturated heterocycles. The van der Waals surface area contributed by atoms with Crippen molar-refractivity contribution in [3.05, 3.63) is 58.6 Å². The lowest BCUT2D eigenvalue weighted by Crippen LogP contribution is -2.57. The quantitative estimate of drug-likeness (QED) is 0.290. The van der Waals surface area contributed by atoms with Crippen molar-refractivity contribution in [1.82, 2.24) is 0 Å². The van der Waals surface area contributed by atoms with Gasteiger partial charge in [0.1, 0.15) is 0 Å². The first-order valence-corrected chi connectivity index (χ1v) is 12.3. The van der Waals surface area contributed by atoms with Crippen LogP contribution in [0, 0.1) is 0 Å². The molecule has 0 aliphatic heterocycles. The van der Waals surface area contributed by atoms with Gasteiger partial charge in [-0.2, -0.15) is 0 Å². The third kappa shape index (κ3) is 9.54. The second-order valence-electron chi connectivity index (χ2n) is 8.15. The molecule has 0 aromatic heterocycles. The van der Waals surface area contributed by atoms with Crippen molar-refractivity contribution in [2.24, 2.45) is 0 Å². The number of halogens is 2. The van der Waals surface area contributed by atoms with Crippen LogP contribution in [-0.4, -0.2) is 60.1 Å². The number of anilines is 2. The molecular weight excluding hydrogens is 571 g/mol. The fraction of sp³-hybridized carbons (Fsp3) is 0.308. The summed E-state index contributed by atoms with van der Waals surface area (Å²) >= 11 is 12.2. The minimum Gasteiger partial charge on any atom is -0.454 e. The fourth-order valence-electron chi connectivity index (χ4n) is 3.42. The van der Waals surface area contributed by atoms with Crippen LogP contribution in [0.5, 0.6) is 0 Å². The molecule has 0 heterocycles. The van der Waals surface area contributed by atoms with Crippen LogP contribution in [0.1, 0.15) is 27.7 Å². The highest BCUT2D eigenvalue weighted by Gasteiger charge is 2.49. The first kappa shape index (κ1) is 32.1. The van der Waals surface area contributed by atoms with Crippen LogP contribution in [-0.2, 0) is 47.7 Å². The highest BCUT2D eigenvalue weighted by molar-refractivity contribution is 6.34. The molecule has 2 rings (SSSR count). The maximum Gasteiger partial charge on any atom is 0.303 e. The first-order valence-electron chi connectivity index (χ1n) is 11.6. The lowest BCUT2D eigenvalue weighted by molar-refractivity contribution is -0.198. The van der Waals surface area contributed by atoms with Gasteiger partial charge in [0.25, 0.3) is 11.8 Å². The van der Waals surface area contributed by atoms with Gasteiger partial charge in [0.2, 0.25) is 12.2 Å². The molecule has 2 amide bonds. The summed E-state index contributed by atoms with van der Waals surface area (Å²) in [6, 6.07) is 12.1. The van der Waals surface area contributed by atoms with E-state index in [4.69, 9.17) is 42.1 Å². The summed E-state index contributed by atoms with van der Waals surface area (Å²) in [5.41, 5.74) is 0.204. The van der Waals surface area contributed by atoms with Crippen molar-refractivity contribution in [3.8, 4) is 0 Å². The van der Waals surface area contributed by atoms with Crippen molar-refractivity contribution in [1.29, 1.82) is 0 Å². The van der Waals surface area contributed by atoms with Crippen molar-refractivity contribution in [2.75, 3.05) is 10.6 Å². The van der Waals surface area contributed by atoms with Gasteiger partial charge in [0, 0.05) is 27.7 Å². The summed E-state index contributed by atoms with van der Waals surface area (Å²) in [6.07, 6.45) is -8.02. The summed E-state index contributed by atoms with van der Waals surface area (Å²) in [6.45, 7) is 3.85. The van der Waals surface area contributed by atoms with E-state index in [2.05, 4.69) is 10.6 Å². The van der Waals surface area contributed by atoms with Gasteiger partial charge in [-0.05, 0) is 24.3 Å². The van der Waals surface area contributed by atoms with E-state index < -0.39 is 60.1 Å². The molecule has 0 aliphatic rings. The van der Waals surface area contributed by atoms with Gasteiger partial charge < -0.3 is 29.6 Å². The number of rotatable bonds is 11. The molecule has 0 spiro atoms. The minimum absolute atomic E-state index is 0.102. The van der Waals surface area contributed by atoms with Crippen molar-refractivity contribution in [2.45, 2.75) is 52.1 Å². The number of benzene rings is 2. The van der Waals surface area contributed by atoms with Crippen LogP contribution in [0.4, 0.5) is 11.4 Å². The normalized spacial score (nSPS) is 13.4. The third-order valence-electron chi connectivity index (χ3n) is 4.89. The zero-order valence-electron chi connectivity index (χ0n) is 21.8. The Morgan fingerprint density at radius 3 is 1.12 bits per heavy atom. The Balaban J connectivity index is 2.62. The number of hydrogen-bond acceptors (Lipinski definition) is 10. The van der Waals surface area contributed by atoms with Gasteiger partial charge in [-0.3, -0.25) is 28.8 Å². The molecule has 14 heteroatoms. The topological polar surface area (TPSA) is 163 Å². The molecular formula is C26H26Cl2N2O10. The summed E-state index contributed by atoms with van der Waals surface area (Å²) < 4.78 is 20.9. The number of carbonyl (C=O) groups is 6. The predicted molar refractivity (Wildman–Crippen MR) is 142 cm³/mol. The Morgan fingerprint density at radius 1 is 0.550 bits per heavy atom. The first-order chi connectivity index (χ1) is 18.8. The van der Waals surface area contributed by atoms with Crippen LogP contribution in [0.15, 0.2) is 48.5 Å². The van der Waals surface area contributed by atoms with E-state index in [1.165, 1.54) is 24.3 Å². The molecule has 0 radical (unpaired) electrons. The predicted octanol–water partition coefficient (Wildman–Crippen LogP) is 3.30. The summed E-state index contributed by atoms with van der Waals surface area (Å²) in [5.74, 6) is -6.17. The van der Waals surface area contributed by atoms with Gasteiger partial charge in [0.15, 0.2) is 12.2 Å². The Bertz CT molecular complexity index is 1190. The van der Waals surface area contributed by atoms with Crippen LogP contribution in [0.25, 0.3) is 0 Å². The molecule has 214 valence electrons. The zero-order chi connectivity index (χ0) is 30.0. The lowest BCUT2D eigenvalue weighted by Gasteiger charge is -2.34. The Labute approximate surface area is 239 Å². The molecule has 0 saturated carbocycles. The molecule has 40 heavy (non-hydrogen) atoms. The third-order valence-corrected chi connectivity index (χ3v) is 5.55. The second kappa shape index (κ2) is 14.8. The van der Waals surface area contributed by atoms with E-state index in [0.29, 0.717) is 0 Å². The molecule has 2 aromatic rings. The van der Waals surface area contributed by atoms with E-state index in [0.717, 1.165) is 27.7 Å². The van der Waals surface area contributed by atoms with Crippen LogP contribution < -0.4 is 10.6 Å². The number of ether oxygens (including phenoxy) is 4. The number of amides is 2. The van der Waals surface area contributed by atoms with Gasteiger partial charge in [0.05, 0.1) is 21.4 Å². The van der Waals surface area contributed by atoms with Gasteiger partial charge in [-0.25, -0.2) is 0 Å². The monoisotopic (exact) mass is 596 g/mol. The highest BCUT2D eigenvalue weighted by Crippen LogP contribution is 2.26. The highest BCUT2D eigenvalue weighted by atomic mass is 35.5. The standard InChI is InChI=1S/C26H26Cl2N2O10/c1-13(31)37-21(23(39-15(3)33)25(35)29-19-11-7-5-9-17(19)27)22(38-14(2)32)24(40-16(4)34)26(36)30-20-12-8-6-10-18(20)28/h5-12,21-24H,1-4H3,(H,29,35)(H,30,36)/t21-,22+,23+,24-. The zero-order valence-corrected chi connectivity index (χ0v) is 23.3. The smallest absolute Gasteiger partial charge is 0.303 e. The van der Waals surface area contributed by atoms with Crippen molar-refractivity contribution >= 4 is 70.3 Å². The maximum absolute atomic E-state index is 13.4. The number of esters is 4. The van der Waals surface area contributed by atoms with Crippen LogP contribution >= 0.6 is 23.2 Å². The Kier molecular flexibility index (Phi) is 11.9.